The lowest BCUT2D eigenvalue weighted by molar-refractivity contribution is -0.136. The Labute approximate surface area is 188 Å². The van der Waals surface area contributed by atoms with Gasteiger partial charge >= 0.3 is 6.18 Å². The number of carbonyl (C=O) groups is 2. The van der Waals surface area contributed by atoms with E-state index in [0.29, 0.717) is 6.07 Å². The number of nitrogens with one attached hydrogen (secondary N) is 2. The first kappa shape index (κ1) is 24.2. The predicted octanol–water partition coefficient (Wildman–Crippen LogP) is 6.11. The van der Waals surface area contributed by atoms with Gasteiger partial charge in [0.15, 0.2) is 11.6 Å². The Morgan fingerprint density at radius 3 is 2.21 bits per heavy atom. The maximum atomic E-state index is 13.7. The molecule has 0 aliphatic rings. The van der Waals surface area contributed by atoms with E-state index in [9.17, 15) is 35.9 Å². The van der Waals surface area contributed by atoms with Gasteiger partial charge in [-0.3, -0.25) is 9.59 Å². The van der Waals surface area contributed by atoms with E-state index < -0.39 is 46.7 Å². The summed E-state index contributed by atoms with van der Waals surface area (Å²) in [5.74, 6) is -5.16. The minimum absolute atomic E-state index is 0.214. The topological polar surface area (TPSA) is 58.2 Å². The van der Waals surface area contributed by atoms with Gasteiger partial charge in [0.05, 0.1) is 22.6 Å². The highest BCUT2D eigenvalue weighted by Crippen LogP contribution is 2.37. The van der Waals surface area contributed by atoms with Crippen molar-refractivity contribution in [3.05, 3.63) is 89.2 Å². The molecule has 2 amide bonds. The van der Waals surface area contributed by atoms with Crippen LogP contribution in [0.15, 0.2) is 65.6 Å². The van der Waals surface area contributed by atoms with Gasteiger partial charge in [0.25, 0.3) is 5.91 Å². The van der Waals surface area contributed by atoms with Crippen molar-refractivity contribution in [1.29, 1.82) is 0 Å². The van der Waals surface area contributed by atoms with Crippen LogP contribution in [0, 0.1) is 17.5 Å². The van der Waals surface area contributed by atoms with Crippen LogP contribution in [0.5, 0.6) is 0 Å². The molecule has 0 saturated heterocycles. The van der Waals surface area contributed by atoms with Crippen LogP contribution in [0.25, 0.3) is 0 Å². The summed E-state index contributed by atoms with van der Waals surface area (Å²) in [5.41, 5.74) is -2.41. The first-order chi connectivity index (χ1) is 15.5. The van der Waals surface area contributed by atoms with E-state index in [0.717, 1.165) is 42.1 Å². The van der Waals surface area contributed by atoms with Crippen molar-refractivity contribution in [2.24, 2.45) is 0 Å². The summed E-state index contributed by atoms with van der Waals surface area (Å²) in [6.45, 7) is 0. The Morgan fingerprint density at radius 1 is 0.818 bits per heavy atom. The van der Waals surface area contributed by atoms with Crippen molar-refractivity contribution in [2.75, 3.05) is 16.4 Å². The lowest BCUT2D eigenvalue weighted by Crippen LogP contribution is -2.19. The van der Waals surface area contributed by atoms with Gasteiger partial charge in [-0.2, -0.15) is 13.2 Å². The molecule has 0 spiro atoms. The van der Waals surface area contributed by atoms with Crippen LogP contribution < -0.4 is 10.6 Å². The number of benzene rings is 3. The summed E-state index contributed by atoms with van der Waals surface area (Å²) in [6, 6.07) is 10.6. The van der Waals surface area contributed by atoms with Gasteiger partial charge < -0.3 is 10.6 Å². The number of anilines is 2. The van der Waals surface area contributed by atoms with E-state index in [1.807, 2.05) is 0 Å². The van der Waals surface area contributed by atoms with E-state index in [1.54, 1.807) is 0 Å². The van der Waals surface area contributed by atoms with E-state index in [4.69, 9.17) is 0 Å². The molecule has 33 heavy (non-hydrogen) atoms. The van der Waals surface area contributed by atoms with Gasteiger partial charge in [-0.15, -0.1) is 11.8 Å². The van der Waals surface area contributed by atoms with Crippen molar-refractivity contribution < 1.29 is 35.9 Å². The Bertz CT molecular complexity index is 1200. The van der Waals surface area contributed by atoms with Crippen LogP contribution in [-0.4, -0.2) is 17.6 Å². The van der Waals surface area contributed by atoms with Crippen molar-refractivity contribution in [2.45, 2.75) is 11.1 Å². The molecule has 0 aliphatic heterocycles. The SMILES string of the molecule is O=C(CSc1ccc(F)c(F)c1)Nc1ccc(NC(=O)c2ccccc2F)cc1C(F)(F)F. The lowest BCUT2D eigenvalue weighted by atomic mass is 10.1. The molecular formula is C22H14F6N2O2S. The van der Waals surface area contributed by atoms with Crippen LogP contribution in [0.4, 0.5) is 37.7 Å². The maximum absolute atomic E-state index is 13.7. The van der Waals surface area contributed by atoms with Crippen molar-refractivity contribution in [1.82, 2.24) is 0 Å². The molecule has 0 saturated carbocycles. The minimum Gasteiger partial charge on any atom is -0.325 e. The van der Waals surface area contributed by atoms with Gasteiger partial charge in [0.1, 0.15) is 5.82 Å². The van der Waals surface area contributed by atoms with Gasteiger partial charge in [0.2, 0.25) is 5.91 Å². The second kappa shape index (κ2) is 9.99. The highest BCUT2D eigenvalue weighted by atomic mass is 32.2. The van der Waals surface area contributed by atoms with Crippen molar-refractivity contribution >= 4 is 35.0 Å². The predicted molar refractivity (Wildman–Crippen MR) is 112 cm³/mol. The summed E-state index contributed by atoms with van der Waals surface area (Å²) < 4.78 is 80.5. The Morgan fingerprint density at radius 2 is 1.55 bits per heavy atom. The number of hydrogen-bond acceptors (Lipinski definition) is 3. The van der Waals surface area contributed by atoms with Gasteiger partial charge in [-0.25, -0.2) is 13.2 Å². The standard InChI is InChI=1S/C22H14F6N2O2S/c23-16-4-2-1-3-14(16)21(32)29-12-5-8-19(15(9-12)22(26,27)28)30-20(31)11-33-13-6-7-17(24)18(25)10-13/h1-10H,11H2,(H,29,32)(H,30,31). The fourth-order valence-corrected chi connectivity index (χ4v) is 3.43. The first-order valence-electron chi connectivity index (χ1n) is 9.19. The van der Waals surface area contributed by atoms with E-state index in [-0.39, 0.29) is 21.9 Å². The summed E-state index contributed by atoms with van der Waals surface area (Å²) >= 11 is 0.802. The number of alkyl halides is 3. The lowest BCUT2D eigenvalue weighted by Gasteiger charge is -2.16. The molecule has 2 N–H and O–H groups in total. The summed E-state index contributed by atoms with van der Waals surface area (Å²) in [5, 5.41) is 4.30. The third-order valence-corrected chi connectivity index (χ3v) is 5.23. The van der Waals surface area contributed by atoms with Crippen LogP contribution in [-0.2, 0) is 11.0 Å². The highest BCUT2D eigenvalue weighted by Gasteiger charge is 2.34. The third kappa shape index (κ3) is 6.28. The Balaban J connectivity index is 1.73. The summed E-state index contributed by atoms with van der Waals surface area (Å²) in [6.07, 6.45) is -4.88. The fourth-order valence-electron chi connectivity index (χ4n) is 2.71. The molecule has 3 aromatic carbocycles. The fraction of sp³-hybridized carbons (Fsp3) is 0.0909. The van der Waals surface area contributed by atoms with Gasteiger partial charge in [0, 0.05) is 10.6 Å². The van der Waals surface area contributed by atoms with Crippen LogP contribution in [0.2, 0.25) is 0 Å². The molecule has 3 aromatic rings. The molecule has 0 fully saturated rings. The molecule has 0 atom stereocenters. The maximum Gasteiger partial charge on any atom is 0.418 e. The zero-order valence-electron chi connectivity index (χ0n) is 16.5. The molecule has 0 unspecified atom stereocenters. The number of carbonyl (C=O) groups excluding carboxylic acids is 2. The monoisotopic (exact) mass is 484 g/mol. The largest absolute Gasteiger partial charge is 0.418 e. The molecule has 4 nitrogen and oxygen atoms in total. The Hall–Kier alpha value is -3.47. The van der Waals surface area contributed by atoms with E-state index >= 15 is 0 Å². The third-order valence-electron chi connectivity index (χ3n) is 4.24. The summed E-state index contributed by atoms with van der Waals surface area (Å²) in [4.78, 5) is 24.5. The average molecular weight is 484 g/mol. The Kier molecular flexibility index (Phi) is 7.32. The zero-order valence-corrected chi connectivity index (χ0v) is 17.3. The minimum atomic E-state index is -4.88. The van der Waals surface area contributed by atoms with Crippen molar-refractivity contribution in [3.63, 3.8) is 0 Å². The highest BCUT2D eigenvalue weighted by molar-refractivity contribution is 8.00. The molecule has 0 aromatic heterocycles. The number of thioether (sulfide) groups is 1. The number of rotatable bonds is 6. The number of hydrogen-bond donors (Lipinski definition) is 2. The second-order valence-electron chi connectivity index (χ2n) is 6.60. The zero-order chi connectivity index (χ0) is 24.2. The van der Waals surface area contributed by atoms with Crippen LogP contribution >= 0.6 is 11.8 Å². The second-order valence-corrected chi connectivity index (χ2v) is 7.65. The van der Waals surface area contributed by atoms with E-state index in [2.05, 4.69) is 10.6 Å². The van der Waals surface area contributed by atoms with Gasteiger partial charge in [-0.05, 0) is 48.5 Å². The summed E-state index contributed by atoms with van der Waals surface area (Å²) in [7, 11) is 0. The number of halogens is 6. The molecule has 3 rings (SSSR count). The normalized spacial score (nSPS) is 11.2. The molecule has 0 aliphatic carbocycles. The number of amides is 2. The van der Waals surface area contributed by atoms with Gasteiger partial charge in [-0.1, -0.05) is 12.1 Å². The molecule has 0 heterocycles. The molecule has 172 valence electrons. The van der Waals surface area contributed by atoms with Crippen LogP contribution in [0.1, 0.15) is 15.9 Å². The smallest absolute Gasteiger partial charge is 0.325 e. The van der Waals surface area contributed by atoms with E-state index in [1.165, 1.54) is 24.3 Å². The molecule has 11 heteroatoms. The van der Waals surface area contributed by atoms with Crippen molar-refractivity contribution in [3.8, 4) is 0 Å². The molecule has 0 bridgehead atoms. The quantitative estimate of drug-likeness (QED) is 0.328. The van der Waals surface area contributed by atoms with Crippen LogP contribution in [0.3, 0.4) is 0 Å². The first-order valence-corrected chi connectivity index (χ1v) is 10.2. The average Bonchev–Trinajstić information content (AvgIpc) is 2.75. The molecule has 0 radical (unpaired) electrons. The molecular weight excluding hydrogens is 470 g/mol.